The smallest absolute Gasteiger partial charge is 0.417 e. The van der Waals surface area contributed by atoms with E-state index < -0.39 is 35.7 Å². The quantitative estimate of drug-likeness (QED) is 0.735. The zero-order valence-corrected chi connectivity index (χ0v) is 16.7. The van der Waals surface area contributed by atoms with Gasteiger partial charge in [-0.05, 0) is 6.92 Å². The van der Waals surface area contributed by atoms with E-state index in [9.17, 15) is 22.8 Å². The Morgan fingerprint density at radius 3 is 2.71 bits per heavy atom. The highest BCUT2D eigenvalue weighted by molar-refractivity contribution is 5.91. The van der Waals surface area contributed by atoms with Crippen LogP contribution in [0.5, 0.6) is 0 Å². The van der Waals surface area contributed by atoms with Crippen molar-refractivity contribution in [3.63, 3.8) is 0 Å². The summed E-state index contributed by atoms with van der Waals surface area (Å²) in [6.45, 7) is 2.21. The highest BCUT2D eigenvalue weighted by atomic mass is 19.2. The molecule has 3 amide bonds. The first-order chi connectivity index (χ1) is 14.8. The Balaban J connectivity index is 1.53. The van der Waals surface area contributed by atoms with E-state index in [0.29, 0.717) is 29.8 Å². The van der Waals surface area contributed by atoms with Gasteiger partial charge in [0.1, 0.15) is 6.10 Å². The summed E-state index contributed by atoms with van der Waals surface area (Å²) < 4.78 is 55.7. The van der Waals surface area contributed by atoms with Gasteiger partial charge in [-0.1, -0.05) is 5.16 Å². The molecule has 0 radical (unpaired) electrons. The molecule has 12 heteroatoms. The monoisotopic (exact) mass is 440 g/mol. The number of urea groups is 1. The number of nitrogens with one attached hydrogen (secondary N) is 1. The van der Waals surface area contributed by atoms with E-state index in [0.717, 1.165) is 0 Å². The lowest BCUT2D eigenvalue weighted by atomic mass is 10.0. The van der Waals surface area contributed by atoms with Crippen molar-refractivity contribution in [2.24, 2.45) is 0 Å². The maximum absolute atomic E-state index is 13.5. The fourth-order valence-corrected chi connectivity index (χ4v) is 3.63. The number of benzene rings is 1. The van der Waals surface area contributed by atoms with Crippen molar-refractivity contribution >= 4 is 23.7 Å². The van der Waals surface area contributed by atoms with Gasteiger partial charge in [0.05, 0.1) is 31.0 Å². The maximum atomic E-state index is 13.5. The van der Waals surface area contributed by atoms with Gasteiger partial charge in [0, 0.05) is 37.4 Å². The second kappa shape index (κ2) is 8.10. The number of ether oxygens (including phenoxy) is 2. The van der Waals surface area contributed by atoms with E-state index in [1.807, 2.05) is 0 Å². The molecule has 1 fully saturated rings. The topological polar surface area (TPSA) is 97.1 Å². The minimum absolute atomic E-state index is 0.0338. The molecule has 1 saturated heterocycles. The molecule has 2 atom stereocenters. The molecule has 31 heavy (non-hydrogen) atoms. The molecule has 0 spiro atoms. The molecule has 2 aliphatic rings. The van der Waals surface area contributed by atoms with Crippen LogP contribution in [0.3, 0.4) is 0 Å². The Labute approximate surface area is 174 Å². The third-order valence-corrected chi connectivity index (χ3v) is 5.17. The molecule has 0 bridgehead atoms. The van der Waals surface area contributed by atoms with Crippen molar-refractivity contribution in [2.45, 2.75) is 32.0 Å². The predicted octanol–water partition coefficient (Wildman–Crippen LogP) is 3.04. The maximum Gasteiger partial charge on any atom is 0.417 e. The summed E-state index contributed by atoms with van der Waals surface area (Å²) in [5, 5.41) is 6.38. The number of anilines is 2. The number of halogens is 3. The summed E-state index contributed by atoms with van der Waals surface area (Å²) in [5.41, 5.74) is 0.892. The number of rotatable bonds is 4. The molecule has 2 aliphatic heterocycles. The summed E-state index contributed by atoms with van der Waals surface area (Å²) in [5.74, 6) is -4.28. The van der Waals surface area contributed by atoms with E-state index in [-0.39, 0.29) is 37.3 Å². The molecular formula is C19H19F3N4O5. The Hall–Kier alpha value is -3.28. The number of carbonyl (C=O) groups is 2. The van der Waals surface area contributed by atoms with Gasteiger partial charge in [-0.25, -0.2) is 27.7 Å². The summed E-state index contributed by atoms with van der Waals surface area (Å²) >= 11 is 0. The molecule has 2 unspecified atom stereocenters. The van der Waals surface area contributed by atoms with Gasteiger partial charge in [0.15, 0.2) is 17.5 Å². The van der Waals surface area contributed by atoms with Crippen molar-refractivity contribution in [2.75, 3.05) is 30.5 Å². The van der Waals surface area contributed by atoms with Crippen LogP contribution in [0.4, 0.5) is 34.3 Å². The van der Waals surface area contributed by atoms with E-state index in [4.69, 9.17) is 14.0 Å². The van der Waals surface area contributed by atoms with Crippen LogP contribution in [0.25, 0.3) is 0 Å². The lowest BCUT2D eigenvalue weighted by Crippen LogP contribution is -2.45. The Morgan fingerprint density at radius 2 is 2.03 bits per heavy atom. The molecule has 3 heterocycles. The number of hydrogen-bond acceptors (Lipinski definition) is 6. The van der Waals surface area contributed by atoms with E-state index in [1.54, 1.807) is 6.92 Å². The minimum Gasteiger partial charge on any atom is -0.441 e. The number of fused-ring (bicyclic) bond motifs is 1. The summed E-state index contributed by atoms with van der Waals surface area (Å²) in [7, 11) is 1.49. The van der Waals surface area contributed by atoms with Gasteiger partial charge < -0.3 is 24.2 Å². The second-order valence-corrected chi connectivity index (χ2v) is 7.35. The molecule has 1 aromatic heterocycles. The molecule has 1 N–H and O–H groups in total. The molecule has 0 saturated carbocycles. The lowest BCUT2D eigenvalue weighted by Gasteiger charge is -2.33. The van der Waals surface area contributed by atoms with Gasteiger partial charge >= 0.3 is 12.1 Å². The summed E-state index contributed by atoms with van der Waals surface area (Å²) in [6.07, 6.45) is -0.751. The van der Waals surface area contributed by atoms with E-state index in [1.165, 1.54) is 16.9 Å². The van der Waals surface area contributed by atoms with Gasteiger partial charge in [-0.3, -0.25) is 0 Å². The average Bonchev–Trinajstić information content (AvgIpc) is 3.27. The van der Waals surface area contributed by atoms with Gasteiger partial charge in [0.25, 0.3) is 0 Å². The van der Waals surface area contributed by atoms with Crippen LogP contribution in [0.15, 0.2) is 16.7 Å². The zero-order chi connectivity index (χ0) is 22.3. The first-order valence-electron chi connectivity index (χ1n) is 9.45. The molecular weight excluding hydrogens is 421 g/mol. The third kappa shape index (κ3) is 3.90. The Morgan fingerprint density at radius 1 is 1.32 bits per heavy atom. The van der Waals surface area contributed by atoms with Crippen LogP contribution < -0.4 is 10.2 Å². The molecule has 4 rings (SSSR count). The van der Waals surface area contributed by atoms with Crippen molar-refractivity contribution < 1.29 is 36.8 Å². The molecule has 2 aromatic rings. The third-order valence-electron chi connectivity index (χ3n) is 5.17. The zero-order valence-electron chi connectivity index (χ0n) is 16.7. The van der Waals surface area contributed by atoms with Crippen LogP contribution in [0, 0.1) is 17.5 Å². The van der Waals surface area contributed by atoms with Crippen LogP contribution in [0.2, 0.25) is 0 Å². The molecule has 0 aliphatic carbocycles. The van der Waals surface area contributed by atoms with Crippen LogP contribution in [-0.2, 0) is 22.4 Å². The number of carbonyl (C=O) groups excluding carboxylic acids is 2. The highest BCUT2D eigenvalue weighted by Gasteiger charge is 2.40. The van der Waals surface area contributed by atoms with Crippen molar-refractivity contribution in [1.82, 2.24) is 10.1 Å². The van der Waals surface area contributed by atoms with Gasteiger partial charge in [-0.2, -0.15) is 0 Å². The highest BCUT2D eigenvalue weighted by Crippen LogP contribution is 2.34. The van der Waals surface area contributed by atoms with E-state index in [2.05, 4.69) is 10.5 Å². The lowest BCUT2D eigenvalue weighted by molar-refractivity contribution is 0.0718. The average molecular weight is 440 g/mol. The fraction of sp³-hybridized carbons (Fsp3) is 0.421. The van der Waals surface area contributed by atoms with Gasteiger partial charge in [-0.15, -0.1) is 0 Å². The van der Waals surface area contributed by atoms with Crippen LogP contribution in [0.1, 0.15) is 18.2 Å². The predicted molar refractivity (Wildman–Crippen MR) is 100 cm³/mol. The number of methoxy groups -OCH3 is 1. The van der Waals surface area contributed by atoms with Crippen LogP contribution in [-0.4, -0.2) is 54.6 Å². The van der Waals surface area contributed by atoms with E-state index >= 15 is 0 Å². The Bertz CT molecular complexity index is 1010. The van der Waals surface area contributed by atoms with Crippen molar-refractivity contribution in [3.8, 4) is 0 Å². The number of nitrogens with zero attached hydrogens (tertiary/aromatic N) is 3. The first-order valence-corrected chi connectivity index (χ1v) is 9.45. The second-order valence-electron chi connectivity index (χ2n) is 7.35. The van der Waals surface area contributed by atoms with Crippen molar-refractivity contribution in [3.05, 3.63) is 40.8 Å². The van der Waals surface area contributed by atoms with Crippen molar-refractivity contribution in [1.29, 1.82) is 0 Å². The number of cyclic esters (lactones) is 1. The molecule has 9 nitrogen and oxygen atoms in total. The Kier molecular flexibility index (Phi) is 5.48. The standard InChI is InChI=1S/C19H19F3N4O5/c1-9-3-15-12(17(31-24-15)26-6-11(8-29-2)30-19(26)28)7-25(9)18(27)23-10-4-13(20)16(22)14(21)5-10/h4-5,9,11H,3,6-8H2,1-2H3,(H,23,27). The number of hydrogen-bond donors (Lipinski definition) is 1. The SMILES string of the molecule is COCC1CN(c2onc3c2CN(C(=O)Nc2cc(F)c(F)c(F)c2)C(C)C3)C(=O)O1. The minimum atomic E-state index is -1.62. The fourth-order valence-electron chi connectivity index (χ4n) is 3.63. The van der Waals surface area contributed by atoms with Crippen LogP contribution >= 0.6 is 0 Å². The largest absolute Gasteiger partial charge is 0.441 e. The van der Waals surface area contributed by atoms with Gasteiger partial charge in [0.2, 0.25) is 5.88 Å². The number of amides is 3. The normalized spacial score (nSPS) is 20.6. The first kappa shape index (κ1) is 21.0. The summed E-state index contributed by atoms with van der Waals surface area (Å²) in [6, 6.07) is 0.402. The summed E-state index contributed by atoms with van der Waals surface area (Å²) in [4.78, 5) is 27.7. The number of aromatic nitrogens is 1. The molecule has 166 valence electrons. The molecule has 1 aromatic carbocycles.